The van der Waals surface area contributed by atoms with Crippen molar-refractivity contribution in [2.24, 2.45) is 0 Å². The highest BCUT2D eigenvalue weighted by atomic mass is 19.1. The van der Waals surface area contributed by atoms with Crippen LogP contribution in [0, 0.1) is 5.82 Å². The largest absolute Gasteiger partial charge is 0.351 e. The average molecular weight is 327 g/mol. The summed E-state index contributed by atoms with van der Waals surface area (Å²) in [5, 5.41) is 0. The quantitative estimate of drug-likeness (QED) is 0.866. The van der Waals surface area contributed by atoms with E-state index in [4.69, 9.17) is 0 Å². The third kappa shape index (κ3) is 3.72. The minimum absolute atomic E-state index is 0.160. The fourth-order valence-electron chi connectivity index (χ4n) is 3.07. The molecule has 24 heavy (non-hydrogen) atoms. The molecule has 0 spiro atoms. The molecule has 0 aliphatic carbocycles. The van der Waals surface area contributed by atoms with E-state index in [-0.39, 0.29) is 17.6 Å². The van der Waals surface area contributed by atoms with Crippen molar-refractivity contribution < 1.29 is 9.18 Å². The minimum atomic E-state index is -0.310. The first-order chi connectivity index (χ1) is 11.6. The van der Waals surface area contributed by atoms with Gasteiger partial charge in [0.15, 0.2) is 11.6 Å². The first-order valence-corrected chi connectivity index (χ1v) is 8.33. The molecule has 1 aliphatic rings. The van der Waals surface area contributed by atoms with Crippen LogP contribution < -0.4 is 4.90 Å². The van der Waals surface area contributed by atoms with E-state index in [0.29, 0.717) is 38.4 Å². The Kier molecular flexibility index (Phi) is 5.08. The zero-order valence-corrected chi connectivity index (χ0v) is 13.9. The number of anilines is 1. The first-order valence-electron chi connectivity index (χ1n) is 8.33. The lowest BCUT2D eigenvalue weighted by atomic mass is 9.97. The van der Waals surface area contributed by atoms with Gasteiger partial charge in [-0.3, -0.25) is 4.79 Å². The van der Waals surface area contributed by atoms with Crippen molar-refractivity contribution in [3.63, 3.8) is 0 Å². The Morgan fingerprint density at radius 1 is 1.12 bits per heavy atom. The van der Waals surface area contributed by atoms with Gasteiger partial charge in [-0.15, -0.1) is 0 Å². The molecule has 0 bridgehead atoms. The van der Waals surface area contributed by atoms with Crippen molar-refractivity contribution >= 4 is 11.7 Å². The van der Waals surface area contributed by atoms with Crippen molar-refractivity contribution in [1.82, 2.24) is 9.88 Å². The predicted octanol–water partition coefficient (Wildman–Crippen LogP) is 3.06. The van der Waals surface area contributed by atoms with Crippen LogP contribution in [0.1, 0.15) is 24.8 Å². The summed E-state index contributed by atoms with van der Waals surface area (Å²) in [6.07, 6.45) is 2.10. The van der Waals surface area contributed by atoms with E-state index in [1.807, 2.05) is 28.0 Å². The Morgan fingerprint density at radius 2 is 1.83 bits per heavy atom. The molecule has 1 saturated heterocycles. The Labute approximate surface area is 141 Å². The molecule has 1 fully saturated rings. The van der Waals surface area contributed by atoms with Crippen molar-refractivity contribution in [2.45, 2.75) is 19.3 Å². The summed E-state index contributed by atoms with van der Waals surface area (Å²) in [5.74, 6) is 0.426. The molecule has 1 aliphatic heterocycles. The molecule has 1 amide bonds. The van der Waals surface area contributed by atoms with Crippen LogP contribution in [0.4, 0.5) is 10.2 Å². The van der Waals surface area contributed by atoms with E-state index < -0.39 is 0 Å². The number of hydrogen-bond donors (Lipinski definition) is 0. The lowest BCUT2D eigenvalue weighted by Crippen LogP contribution is -2.49. The average Bonchev–Trinajstić information content (AvgIpc) is 2.63. The number of halogens is 1. The Morgan fingerprint density at radius 3 is 2.50 bits per heavy atom. The van der Waals surface area contributed by atoms with Crippen molar-refractivity contribution in [3.8, 4) is 0 Å². The molecule has 5 heteroatoms. The molecule has 1 aromatic carbocycles. The highest BCUT2D eigenvalue weighted by Gasteiger charge is 2.24. The number of aromatic nitrogens is 1. The molecular weight excluding hydrogens is 305 g/mol. The summed E-state index contributed by atoms with van der Waals surface area (Å²) in [5.41, 5.74) is 1.18. The third-order valence-corrected chi connectivity index (χ3v) is 4.52. The number of rotatable bonds is 4. The summed E-state index contributed by atoms with van der Waals surface area (Å²) < 4.78 is 13.8. The van der Waals surface area contributed by atoms with Crippen LogP contribution >= 0.6 is 0 Å². The highest BCUT2D eigenvalue weighted by molar-refractivity contribution is 5.77. The van der Waals surface area contributed by atoms with Crippen LogP contribution in [-0.4, -0.2) is 42.0 Å². The standard InChI is InChI=1S/C19H22FN3O/c1-15(16-6-3-2-4-7-16)14-18(24)22-10-12-23(13-11-22)19-17(20)8-5-9-21-19/h2-9,15H,10-14H2,1H3. The number of hydrogen-bond acceptors (Lipinski definition) is 3. The lowest BCUT2D eigenvalue weighted by Gasteiger charge is -2.36. The molecule has 0 saturated carbocycles. The number of amides is 1. The van der Waals surface area contributed by atoms with Crippen LogP contribution in [-0.2, 0) is 4.79 Å². The van der Waals surface area contributed by atoms with Gasteiger partial charge >= 0.3 is 0 Å². The summed E-state index contributed by atoms with van der Waals surface area (Å²) in [4.78, 5) is 20.4. The summed E-state index contributed by atoms with van der Waals surface area (Å²) >= 11 is 0. The van der Waals surface area contributed by atoms with Gasteiger partial charge in [0.1, 0.15) is 0 Å². The van der Waals surface area contributed by atoms with Gasteiger partial charge in [-0.05, 0) is 23.6 Å². The van der Waals surface area contributed by atoms with Gasteiger partial charge < -0.3 is 9.80 Å². The molecule has 1 atom stereocenters. The molecule has 4 nitrogen and oxygen atoms in total. The fraction of sp³-hybridized carbons (Fsp3) is 0.368. The fourth-order valence-corrected chi connectivity index (χ4v) is 3.07. The molecule has 1 aromatic heterocycles. The van der Waals surface area contributed by atoms with E-state index in [1.54, 1.807) is 12.3 Å². The van der Waals surface area contributed by atoms with Gasteiger partial charge in [0.05, 0.1) is 0 Å². The Balaban J connectivity index is 1.55. The molecule has 0 radical (unpaired) electrons. The SMILES string of the molecule is CC(CC(=O)N1CCN(c2ncccc2F)CC1)c1ccccc1. The van der Waals surface area contributed by atoms with Crippen molar-refractivity contribution in [3.05, 3.63) is 60.0 Å². The molecule has 0 N–H and O–H groups in total. The number of nitrogens with zero attached hydrogens (tertiary/aromatic N) is 3. The van der Waals surface area contributed by atoms with Crippen LogP contribution in [0.2, 0.25) is 0 Å². The van der Waals surface area contributed by atoms with E-state index in [1.165, 1.54) is 11.6 Å². The normalized spacial score (nSPS) is 16.1. The van der Waals surface area contributed by atoms with Crippen LogP contribution in [0.15, 0.2) is 48.7 Å². The summed E-state index contributed by atoms with van der Waals surface area (Å²) in [7, 11) is 0. The highest BCUT2D eigenvalue weighted by Crippen LogP contribution is 2.21. The maximum atomic E-state index is 13.8. The smallest absolute Gasteiger partial charge is 0.223 e. The minimum Gasteiger partial charge on any atom is -0.351 e. The number of piperazine rings is 1. The second kappa shape index (κ2) is 7.43. The topological polar surface area (TPSA) is 36.4 Å². The third-order valence-electron chi connectivity index (χ3n) is 4.52. The summed E-state index contributed by atoms with van der Waals surface area (Å²) in [6.45, 7) is 4.51. The second-order valence-corrected chi connectivity index (χ2v) is 6.19. The molecular formula is C19H22FN3O. The number of pyridine rings is 1. The van der Waals surface area contributed by atoms with Crippen LogP contribution in [0.3, 0.4) is 0 Å². The van der Waals surface area contributed by atoms with Gasteiger partial charge in [-0.1, -0.05) is 37.3 Å². The predicted molar refractivity (Wildman–Crippen MR) is 92.5 cm³/mol. The van der Waals surface area contributed by atoms with Gasteiger partial charge in [0.2, 0.25) is 5.91 Å². The number of benzene rings is 1. The van der Waals surface area contributed by atoms with E-state index in [2.05, 4.69) is 24.0 Å². The van der Waals surface area contributed by atoms with Gasteiger partial charge in [0, 0.05) is 38.8 Å². The Bertz CT molecular complexity index is 684. The zero-order valence-electron chi connectivity index (χ0n) is 13.9. The van der Waals surface area contributed by atoms with Crippen molar-refractivity contribution in [2.75, 3.05) is 31.1 Å². The van der Waals surface area contributed by atoms with Crippen molar-refractivity contribution in [1.29, 1.82) is 0 Å². The van der Waals surface area contributed by atoms with Gasteiger partial charge in [-0.25, -0.2) is 9.37 Å². The number of carbonyl (C=O) groups excluding carboxylic acids is 1. The molecule has 3 rings (SSSR count). The van der Waals surface area contributed by atoms with E-state index in [0.717, 1.165) is 0 Å². The number of carbonyl (C=O) groups is 1. The van der Waals surface area contributed by atoms with E-state index in [9.17, 15) is 9.18 Å². The molecule has 2 heterocycles. The zero-order chi connectivity index (χ0) is 16.9. The van der Waals surface area contributed by atoms with Gasteiger partial charge in [0.25, 0.3) is 0 Å². The second-order valence-electron chi connectivity index (χ2n) is 6.19. The van der Waals surface area contributed by atoms with Crippen LogP contribution in [0.5, 0.6) is 0 Å². The first kappa shape index (κ1) is 16.4. The maximum absolute atomic E-state index is 13.8. The molecule has 1 unspecified atom stereocenters. The lowest BCUT2D eigenvalue weighted by molar-refractivity contribution is -0.131. The van der Waals surface area contributed by atoms with Crippen LogP contribution in [0.25, 0.3) is 0 Å². The molecule has 126 valence electrons. The van der Waals surface area contributed by atoms with Gasteiger partial charge in [-0.2, -0.15) is 0 Å². The van der Waals surface area contributed by atoms with E-state index >= 15 is 0 Å². The summed E-state index contributed by atoms with van der Waals surface area (Å²) in [6, 6.07) is 13.1. The molecule has 2 aromatic rings. The maximum Gasteiger partial charge on any atom is 0.223 e. The monoisotopic (exact) mass is 327 g/mol. The Hall–Kier alpha value is -2.43.